The first kappa shape index (κ1) is 25.7. The van der Waals surface area contributed by atoms with Crippen molar-refractivity contribution in [2.45, 2.75) is 13.5 Å². The van der Waals surface area contributed by atoms with Crippen LogP contribution < -0.4 is 25.1 Å². The lowest BCUT2D eigenvalue weighted by Gasteiger charge is -2.12. The number of nitrogens with zero attached hydrogens (tertiary/aromatic N) is 2. The third-order valence-corrected chi connectivity index (χ3v) is 6.61. The minimum atomic E-state index is -0.564. The summed E-state index contributed by atoms with van der Waals surface area (Å²) >= 11 is 1.07. The molecular weight excluding hydrogens is 498 g/mol. The number of benzene rings is 2. The molecule has 10 nitrogen and oxygen atoms in total. The van der Waals surface area contributed by atoms with Crippen LogP contribution >= 0.6 is 11.3 Å². The molecule has 0 aliphatic heterocycles. The van der Waals surface area contributed by atoms with Crippen LogP contribution in [-0.2, 0) is 16.1 Å². The lowest BCUT2D eigenvalue weighted by molar-refractivity contribution is -0.116. The number of hydrogen-bond acceptors (Lipinski definition) is 9. The van der Waals surface area contributed by atoms with Crippen molar-refractivity contribution < 1.29 is 28.5 Å². The number of hydrogen-bond donors (Lipinski definition) is 1. The second kappa shape index (κ2) is 11.6. The second-order valence-electron chi connectivity index (χ2n) is 7.83. The van der Waals surface area contributed by atoms with Crippen LogP contribution in [0.2, 0.25) is 0 Å². The van der Waals surface area contributed by atoms with E-state index in [1.165, 1.54) is 25.1 Å². The van der Waals surface area contributed by atoms with Gasteiger partial charge in [-0.3, -0.25) is 14.2 Å². The largest absolute Gasteiger partial charge is 0.497 e. The highest BCUT2D eigenvalue weighted by Gasteiger charge is 2.21. The van der Waals surface area contributed by atoms with Crippen LogP contribution in [0.15, 0.2) is 59.7 Å². The van der Waals surface area contributed by atoms with Gasteiger partial charge in [0.05, 0.1) is 31.6 Å². The number of carbonyl (C=O) groups is 2. The molecule has 0 atom stereocenters. The summed E-state index contributed by atoms with van der Waals surface area (Å²) in [5, 5.41) is 2.99. The molecule has 11 heteroatoms. The van der Waals surface area contributed by atoms with Gasteiger partial charge in [0, 0.05) is 6.07 Å². The Kier molecular flexibility index (Phi) is 8.04. The zero-order valence-corrected chi connectivity index (χ0v) is 21.3. The minimum absolute atomic E-state index is 0.0486. The number of methoxy groups -OCH3 is 2. The fourth-order valence-electron chi connectivity index (χ4n) is 3.60. The number of rotatable bonds is 10. The Morgan fingerprint density at radius 2 is 1.81 bits per heavy atom. The molecule has 192 valence electrons. The Hall–Kier alpha value is -4.38. The molecule has 2 heterocycles. The number of carbonyl (C=O) groups excluding carboxylic acids is 2. The van der Waals surface area contributed by atoms with Gasteiger partial charge in [-0.25, -0.2) is 9.78 Å². The number of thiophene rings is 1. The SMILES string of the molecule is COc1ccc(OC)c(NC(=O)Cn2cnc3sc(C(=O)OCCOc4ccccc4)c(C)c3c2=O)c1. The normalized spacial score (nSPS) is 10.7. The Balaban J connectivity index is 1.45. The van der Waals surface area contributed by atoms with Crippen molar-refractivity contribution >= 4 is 39.1 Å². The van der Waals surface area contributed by atoms with Gasteiger partial charge in [0.2, 0.25) is 5.91 Å². The summed E-state index contributed by atoms with van der Waals surface area (Å²) in [6, 6.07) is 14.2. The number of aromatic nitrogens is 2. The molecule has 1 N–H and O–H groups in total. The molecule has 0 spiro atoms. The van der Waals surface area contributed by atoms with Crippen molar-refractivity contribution in [2.24, 2.45) is 0 Å². The molecule has 0 bridgehead atoms. The molecule has 37 heavy (non-hydrogen) atoms. The molecule has 0 aliphatic rings. The van der Waals surface area contributed by atoms with Gasteiger partial charge in [-0.2, -0.15) is 0 Å². The number of aryl methyl sites for hydroxylation is 1. The minimum Gasteiger partial charge on any atom is -0.497 e. The molecular formula is C26H25N3O7S. The van der Waals surface area contributed by atoms with Crippen molar-refractivity contribution in [2.75, 3.05) is 32.8 Å². The lowest BCUT2D eigenvalue weighted by atomic mass is 10.2. The summed E-state index contributed by atoms with van der Waals surface area (Å²) in [5.74, 6) is 0.638. The van der Waals surface area contributed by atoms with Gasteiger partial charge in [0.15, 0.2) is 0 Å². The average molecular weight is 524 g/mol. The maximum atomic E-state index is 13.1. The van der Waals surface area contributed by atoms with Crippen LogP contribution in [0, 0.1) is 6.92 Å². The van der Waals surface area contributed by atoms with E-state index in [4.69, 9.17) is 18.9 Å². The third-order valence-electron chi connectivity index (χ3n) is 5.43. The quantitative estimate of drug-likeness (QED) is 0.247. The molecule has 0 saturated carbocycles. The van der Waals surface area contributed by atoms with Gasteiger partial charge in [-0.05, 0) is 36.8 Å². The third kappa shape index (κ3) is 5.89. The molecule has 0 unspecified atom stereocenters. The maximum absolute atomic E-state index is 13.1. The molecule has 0 aliphatic carbocycles. The first-order chi connectivity index (χ1) is 17.9. The Bertz CT molecular complexity index is 1480. The van der Waals surface area contributed by atoms with Crippen LogP contribution in [0.1, 0.15) is 15.2 Å². The zero-order valence-electron chi connectivity index (χ0n) is 20.5. The Morgan fingerprint density at radius 3 is 2.54 bits per heavy atom. The van der Waals surface area contributed by atoms with Gasteiger partial charge >= 0.3 is 5.97 Å². The van der Waals surface area contributed by atoms with E-state index in [1.54, 1.807) is 25.1 Å². The highest BCUT2D eigenvalue weighted by molar-refractivity contribution is 7.20. The van der Waals surface area contributed by atoms with Crippen molar-refractivity contribution in [3.63, 3.8) is 0 Å². The first-order valence-corrected chi connectivity index (χ1v) is 12.1. The number of amides is 1. The van der Waals surface area contributed by atoms with Crippen molar-refractivity contribution in [3.8, 4) is 17.2 Å². The van der Waals surface area contributed by atoms with E-state index in [-0.39, 0.29) is 30.0 Å². The number of esters is 1. The first-order valence-electron chi connectivity index (χ1n) is 11.3. The molecule has 0 saturated heterocycles. The molecule has 0 fully saturated rings. The lowest BCUT2D eigenvalue weighted by Crippen LogP contribution is -2.28. The summed E-state index contributed by atoms with van der Waals surface area (Å²) in [5.41, 5.74) is 0.426. The van der Waals surface area contributed by atoms with Crippen LogP contribution in [0.3, 0.4) is 0 Å². The van der Waals surface area contributed by atoms with E-state index in [9.17, 15) is 14.4 Å². The zero-order chi connectivity index (χ0) is 26.4. The van der Waals surface area contributed by atoms with Gasteiger partial charge in [-0.15, -0.1) is 11.3 Å². The van der Waals surface area contributed by atoms with E-state index in [0.29, 0.717) is 33.3 Å². The molecule has 1 amide bonds. The van der Waals surface area contributed by atoms with Gasteiger partial charge in [0.25, 0.3) is 5.56 Å². The highest BCUT2D eigenvalue weighted by Crippen LogP contribution is 2.29. The summed E-state index contributed by atoms with van der Waals surface area (Å²) in [6.45, 7) is 1.61. The number of anilines is 1. The van der Waals surface area contributed by atoms with Crippen LogP contribution in [0.4, 0.5) is 5.69 Å². The smallest absolute Gasteiger partial charge is 0.348 e. The van der Waals surface area contributed by atoms with E-state index in [2.05, 4.69) is 10.3 Å². The van der Waals surface area contributed by atoms with E-state index in [1.807, 2.05) is 30.3 Å². The predicted molar refractivity (Wildman–Crippen MR) is 139 cm³/mol. The van der Waals surface area contributed by atoms with Crippen LogP contribution in [-0.4, -0.2) is 48.9 Å². The van der Waals surface area contributed by atoms with Crippen molar-refractivity contribution in [3.05, 3.63) is 75.7 Å². The van der Waals surface area contributed by atoms with E-state index >= 15 is 0 Å². The Morgan fingerprint density at radius 1 is 1.03 bits per heavy atom. The van der Waals surface area contributed by atoms with E-state index in [0.717, 1.165) is 11.3 Å². The van der Waals surface area contributed by atoms with E-state index < -0.39 is 17.4 Å². The van der Waals surface area contributed by atoms with Gasteiger partial charge in [0.1, 0.15) is 46.7 Å². The molecule has 4 aromatic rings. The van der Waals surface area contributed by atoms with Crippen molar-refractivity contribution in [1.29, 1.82) is 0 Å². The molecule has 0 radical (unpaired) electrons. The van der Waals surface area contributed by atoms with Crippen LogP contribution in [0.5, 0.6) is 17.2 Å². The maximum Gasteiger partial charge on any atom is 0.348 e. The second-order valence-corrected chi connectivity index (χ2v) is 8.82. The molecule has 2 aromatic heterocycles. The fraction of sp³-hybridized carbons (Fsp3) is 0.231. The highest BCUT2D eigenvalue weighted by atomic mass is 32.1. The van der Waals surface area contributed by atoms with Gasteiger partial charge < -0.3 is 24.3 Å². The number of para-hydroxylation sites is 1. The molecule has 4 rings (SSSR count). The summed E-state index contributed by atoms with van der Waals surface area (Å²) in [6.07, 6.45) is 1.28. The van der Waals surface area contributed by atoms with Crippen molar-refractivity contribution in [1.82, 2.24) is 9.55 Å². The number of fused-ring (bicyclic) bond motifs is 1. The standard InChI is InChI=1S/C26H25N3O7S/c1-16-22-24(37-23(16)26(32)36-12-11-35-17-7-5-4-6-8-17)27-15-29(25(22)31)14-21(30)28-19-13-18(33-2)9-10-20(19)34-3/h4-10,13,15H,11-12,14H2,1-3H3,(H,28,30). The van der Waals surface area contributed by atoms with Gasteiger partial charge in [-0.1, -0.05) is 18.2 Å². The predicted octanol–water partition coefficient (Wildman–Crippen LogP) is 3.66. The summed E-state index contributed by atoms with van der Waals surface area (Å²) in [4.78, 5) is 43.5. The van der Waals surface area contributed by atoms with Crippen LogP contribution in [0.25, 0.3) is 10.2 Å². The topological polar surface area (TPSA) is 118 Å². The fourth-order valence-corrected chi connectivity index (χ4v) is 4.63. The molecule has 2 aromatic carbocycles. The average Bonchev–Trinajstić information content (AvgIpc) is 3.25. The summed E-state index contributed by atoms with van der Waals surface area (Å²) in [7, 11) is 3.00. The number of nitrogens with one attached hydrogen (secondary N) is 1. The number of ether oxygens (including phenoxy) is 4. The Labute approximate surface area is 216 Å². The summed E-state index contributed by atoms with van der Waals surface area (Å²) < 4.78 is 22.5. The monoisotopic (exact) mass is 523 g/mol.